The van der Waals surface area contributed by atoms with Gasteiger partial charge in [0.1, 0.15) is 17.5 Å². The number of nitrogens with zero attached hydrogens (tertiary/aromatic N) is 7. The van der Waals surface area contributed by atoms with Crippen molar-refractivity contribution in [3.05, 3.63) is 40.7 Å². The number of fused-ring (bicyclic) bond motifs is 1. The molecule has 202 valence electrons. The molecule has 2 aromatic heterocycles. The molecule has 38 heavy (non-hydrogen) atoms. The molecular weight excluding hydrogens is 493 g/mol. The minimum Gasteiger partial charge on any atom is -0.494 e. The lowest BCUT2D eigenvalue weighted by Gasteiger charge is -2.47. The molecule has 3 aromatic rings. The average Bonchev–Trinajstić information content (AvgIpc) is 3.48. The van der Waals surface area contributed by atoms with Crippen LogP contribution in [0.4, 0.5) is 21.8 Å². The van der Waals surface area contributed by atoms with Crippen molar-refractivity contribution in [2.75, 3.05) is 37.5 Å². The Morgan fingerprint density at radius 1 is 1.21 bits per heavy atom. The monoisotopic (exact) mass is 525 g/mol. The molecule has 3 aliphatic heterocycles. The molecule has 0 bridgehead atoms. The van der Waals surface area contributed by atoms with E-state index in [4.69, 9.17) is 9.47 Å². The fourth-order valence-corrected chi connectivity index (χ4v) is 5.91. The molecule has 13 heteroatoms. The minimum atomic E-state index is -0.499. The van der Waals surface area contributed by atoms with Gasteiger partial charge in [-0.1, -0.05) is 0 Å². The molecule has 3 saturated heterocycles. The van der Waals surface area contributed by atoms with Crippen molar-refractivity contribution in [1.29, 1.82) is 0 Å². The van der Waals surface area contributed by atoms with E-state index in [0.29, 0.717) is 36.4 Å². The van der Waals surface area contributed by atoms with Gasteiger partial charge in [0.25, 0.3) is 0 Å². The normalized spacial score (nSPS) is 23.1. The summed E-state index contributed by atoms with van der Waals surface area (Å²) in [4.78, 5) is 24.1. The Labute approximate surface area is 219 Å². The zero-order valence-electron chi connectivity index (χ0n) is 21.7. The van der Waals surface area contributed by atoms with E-state index < -0.39 is 11.5 Å². The Hall–Kier alpha value is -3.58. The molecule has 6 rings (SSSR count). The Morgan fingerprint density at radius 3 is 2.82 bits per heavy atom. The lowest BCUT2D eigenvalue weighted by molar-refractivity contribution is -0.0309. The van der Waals surface area contributed by atoms with Gasteiger partial charge in [0.2, 0.25) is 5.95 Å². The van der Waals surface area contributed by atoms with Gasteiger partial charge in [0.15, 0.2) is 11.6 Å². The quantitative estimate of drug-likeness (QED) is 0.475. The number of tetrazole rings is 1. The first kappa shape index (κ1) is 24.7. The van der Waals surface area contributed by atoms with E-state index in [2.05, 4.69) is 49.8 Å². The summed E-state index contributed by atoms with van der Waals surface area (Å²) >= 11 is 0. The van der Waals surface area contributed by atoms with E-state index in [1.165, 1.54) is 29.3 Å². The molecule has 12 nitrogen and oxygen atoms in total. The molecule has 0 amide bonds. The smallest absolute Gasteiger partial charge is 0.369 e. The molecule has 0 aliphatic carbocycles. The number of methoxy groups -OCH3 is 1. The number of ether oxygens (including phenoxy) is 2. The minimum absolute atomic E-state index is 0.0484. The topological polar surface area (TPSA) is 124 Å². The number of hydrogen-bond acceptors (Lipinski definition) is 10. The van der Waals surface area contributed by atoms with E-state index in [1.54, 1.807) is 18.2 Å². The van der Waals surface area contributed by atoms with Gasteiger partial charge in [-0.25, -0.2) is 14.2 Å². The first-order chi connectivity index (χ1) is 18.3. The molecule has 3 fully saturated rings. The van der Waals surface area contributed by atoms with Gasteiger partial charge in [0.05, 0.1) is 26.5 Å². The van der Waals surface area contributed by atoms with Crippen LogP contribution in [0.15, 0.2) is 29.2 Å². The molecular formula is C25H32FN9O3. The van der Waals surface area contributed by atoms with Gasteiger partial charge in [-0.3, -0.25) is 4.90 Å². The standard InChI is InChI=1S/C25H32FN9O3/c1-25(2)11-16(9-17-5-4-8-33(17)25)28-22-19(26)12-27-23(30-22)29-15-6-7-21(37-3)20(10-15)35-24(36)34(31-32-35)18-13-38-14-18/h6-7,10,12,16-18H,4-5,8-9,11,13-14H2,1-3H3,(H2,27,28,29,30)/t16-,17-/m1/s1. The number of nitrogens with one attached hydrogen (secondary N) is 2. The van der Waals surface area contributed by atoms with Gasteiger partial charge in [0, 0.05) is 23.3 Å². The molecule has 0 saturated carbocycles. The molecule has 0 unspecified atom stereocenters. The number of hydrogen-bond donors (Lipinski definition) is 2. The van der Waals surface area contributed by atoms with Gasteiger partial charge < -0.3 is 20.1 Å². The Kier molecular flexibility index (Phi) is 6.26. The van der Waals surface area contributed by atoms with Crippen molar-refractivity contribution < 1.29 is 13.9 Å². The summed E-state index contributed by atoms with van der Waals surface area (Å²) in [5, 5.41) is 14.5. The molecule has 2 N–H and O–H groups in total. The van der Waals surface area contributed by atoms with E-state index >= 15 is 0 Å². The van der Waals surface area contributed by atoms with Gasteiger partial charge in [-0.05, 0) is 74.7 Å². The molecule has 5 heterocycles. The lowest BCUT2D eigenvalue weighted by Crippen LogP contribution is -2.55. The van der Waals surface area contributed by atoms with E-state index in [1.807, 2.05) is 0 Å². The number of halogens is 1. The summed E-state index contributed by atoms with van der Waals surface area (Å²) in [5.74, 6) is 0.342. The maximum Gasteiger partial charge on any atom is 0.369 e. The fraction of sp³-hybridized carbons (Fsp3) is 0.560. The first-order valence-corrected chi connectivity index (χ1v) is 13.0. The summed E-state index contributed by atoms with van der Waals surface area (Å²) in [6.45, 7) is 6.49. The SMILES string of the molecule is COc1ccc(Nc2ncc(F)c(N[C@@H]3C[C@H]4CCCN4C(C)(C)C3)n2)cc1-n1nnn(C2COC2)c1=O. The predicted molar refractivity (Wildman–Crippen MR) is 138 cm³/mol. The summed E-state index contributed by atoms with van der Waals surface area (Å²) in [7, 11) is 1.51. The van der Waals surface area contributed by atoms with Crippen LogP contribution in [-0.2, 0) is 4.74 Å². The number of rotatable bonds is 7. The summed E-state index contributed by atoms with van der Waals surface area (Å²) < 4.78 is 27.9. The number of piperidine rings is 1. The van der Waals surface area contributed by atoms with Crippen LogP contribution in [0.25, 0.3) is 5.69 Å². The average molecular weight is 526 g/mol. The Balaban J connectivity index is 1.23. The highest BCUT2D eigenvalue weighted by Gasteiger charge is 2.43. The van der Waals surface area contributed by atoms with Crippen LogP contribution < -0.4 is 21.1 Å². The maximum absolute atomic E-state index is 14.7. The molecule has 3 aliphatic rings. The largest absolute Gasteiger partial charge is 0.494 e. The molecule has 0 spiro atoms. The van der Waals surface area contributed by atoms with Crippen molar-refractivity contribution in [1.82, 2.24) is 34.7 Å². The molecule has 0 radical (unpaired) electrons. The summed E-state index contributed by atoms with van der Waals surface area (Å²) in [6, 6.07) is 5.65. The van der Waals surface area contributed by atoms with Gasteiger partial charge in [-0.15, -0.1) is 0 Å². The second-order valence-corrected chi connectivity index (χ2v) is 10.8. The fourth-order valence-electron chi connectivity index (χ4n) is 5.91. The van der Waals surface area contributed by atoms with Crippen LogP contribution in [-0.4, -0.2) is 79.1 Å². The lowest BCUT2D eigenvalue weighted by atomic mass is 9.84. The highest BCUT2D eigenvalue weighted by atomic mass is 19.1. The summed E-state index contributed by atoms with van der Waals surface area (Å²) in [5.41, 5.74) is 0.633. The van der Waals surface area contributed by atoms with Crippen LogP contribution in [0.2, 0.25) is 0 Å². The third-order valence-electron chi connectivity index (χ3n) is 7.77. The number of anilines is 3. The van der Waals surface area contributed by atoms with E-state index in [0.717, 1.165) is 25.6 Å². The van der Waals surface area contributed by atoms with Crippen molar-refractivity contribution >= 4 is 17.5 Å². The van der Waals surface area contributed by atoms with E-state index in [9.17, 15) is 9.18 Å². The Morgan fingerprint density at radius 2 is 2.05 bits per heavy atom. The van der Waals surface area contributed by atoms with Crippen LogP contribution in [0, 0.1) is 5.82 Å². The molecule has 1 aromatic carbocycles. The predicted octanol–water partition coefficient (Wildman–Crippen LogP) is 2.50. The van der Waals surface area contributed by atoms with Gasteiger partial charge in [-0.2, -0.15) is 14.3 Å². The Bertz CT molecular complexity index is 1390. The highest BCUT2D eigenvalue weighted by Crippen LogP contribution is 2.38. The first-order valence-electron chi connectivity index (χ1n) is 13.0. The van der Waals surface area contributed by atoms with Crippen molar-refractivity contribution in [3.63, 3.8) is 0 Å². The van der Waals surface area contributed by atoms with Crippen LogP contribution >= 0.6 is 0 Å². The second-order valence-electron chi connectivity index (χ2n) is 10.8. The number of benzene rings is 1. The second kappa shape index (κ2) is 9.62. The number of aromatic nitrogens is 6. The maximum atomic E-state index is 14.7. The van der Waals surface area contributed by atoms with Gasteiger partial charge >= 0.3 is 5.69 Å². The van der Waals surface area contributed by atoms with Crippen LogP contribution in [0.1, 0.15) is 45.6 Å². The highest BCUT2D eigenvalue weighted by molar-refractivity contribution is 5.62. The van der Waals surface area contributed by atoms with Crippen LogP contribution in [0.3, 0.4) is 0 Å². The van der Waals surface area contributed by atoms with Crippen molar-refractivity contribution in [2.24, 2.45) is 0 Å². The zero-order valence-corrected chi connectivity index (χ0v) is 21.7. The third-order valence-corrected chi connectivity index (χ3v) is 7.77. The van der Waals surface area contributed by atoms with Crippen molar-refractivity contribution in [3.8, 4) is 11.4 Å². The van der Waals surface area contributed by atoms with Crippen molar-refractivity contribution in [2.45, 2.75) is 63.2 Å². The summed E-state index contributed by atoms with van der Waals surface area (Å²) in [6.07, 6.45) is 5.40. The third kappa shape index (κ3) is 4.49. The zero-order chi connectivity index (χ0) is 26.4. The van der Waals surface area contributed by atoms with E-state index in [-0.39, 0.29) is 29.4 Å². The molecule has 2 atom stereocenters. The van der Waals surface area contributed by atoms with Crippen LogP contribution in [0.5, 0.6) is 5.75 Å².